The smallest absolute Gasteiger partial charge is 0.300 e. The largest absolute Gasteiger partial charge is 0.507 e. The first-order valence-corrected chi connectivity index (χ1v) is 10.1. The molecule has 1 heterocycles. The number of carboxylic acids is 1. The Bertz CT molecular complexity index is 1110. The third-order valence-electron chi connectivity index (χ3n) is 4.71. The van der Waals surface area contributed by atoms with Gasteiger partial charge in [0.1, 0.15) is 11.5 Å². The number of hydrogen-bond acceptors (Lipinski definition) is 5. The fourth-order valence-electron chi connectivity index (χ4n) is 3.14. The molecular formula is C26H24MnN2O4. The topological polar surface area (TPSA) is 102 Å². The van der Waals surface area contributed by atoms with E-state index in [4.69, 9.17) is 9.90 Å². The monoisotopic (exact) mass is 483 g/mol. The summed E-state index contributed by atoms with van der Waals surface area (Å²) < 4.78 is 0. The van der Waals surface area contributed by atoms with Crippen LogP contribution in [0.5, 0.6) is 11.5 Å². The number of benzene rings is 3. The second-order valence-corrected chi connectivity index (χ2v) is 7.11. The Kier molecular flexibility index (Phi) is 9.61. The van der Waals surface area contributed by atoms with E-state index >= 15 is 0 Å². The van der Waals surface area contributed by atoms with Gasteiger partial charge in [0.25, 0.3) is 5.97 Å². The number of hydrogen-bond donors (Lipinski definition) is 3. The van der Waals surface area contributed by atoms with E-state index in [2.05, 4.69) is 9.98 Å². The van der Waals surface area contributed by atoms with Crippen LogP contribution in [0.1, 0.15) is 29.2 Å². The number of aliphatic carboxylic acids is 1. The van der Waals surface area contributed by atoms with Crippen LogP contribution < -0.4 is 0 Å². The SMILES string of the molecule is CC(=O)O.Oc1c2cccc1CC=CCc1cccc(c1O)C=Nc1ccccc1N=C2.[Mn]. The molecule has 4 bridgehead atoms. The number of phenolic OH excluding ortho intramolecular Hbond substituents is 2. The van der Waals surface area contributed by atoms with Gasteiger partial charge in [-0.3, -0.25) is 14.8 Å². The van der Waals surface area contributed by atoms with Gasteiger partial charge >= 0.3 is 0 Å². The van der Waals surface area contributed by atoms with Gasteiger partial charge in [-0.2, -0.15) is 0 Å². The normalized spacial score (nSPS) is 12.0. The van der Waals surface area contributed by atoms with Crippen LogP contribution in [-0.4, -0.2) is 33.7 Å². The summed E-state index contributed by atoms with van der Waals surface area (Å²) in [5.41, 5.74) is 4.37. The minimum atomic E-state index is -0.833. The number of fused-ring (bicyclic) bond motifs is 5. The number of nitrogens with zero attached hydrogens (tertiary/aromatic N) is 2. The van der Waals surface area contributed by atoms with Crippen molar-refractivity contribution >= 4 is 29.8 Å². The van der Waals surface area contributed by atoms with Gasteiger partial charge in [-0.15, -0.1) is 0 Å². The third-order valence-corrected chi connectivity index (χ3v) is 4.71. The average molecular weight is 483 g/mol. The molecule has 7 heteroatoms. The van der Waals surface area contributed by atoms with E-state index in [0.717, 1.165) is 18.1 Å². The summed E-state index contributed by atoms with van der Waals surface area (Å²) in [5.74, 6) is -0.373. The summed E-state index contributed by atoms with van der Waals surface area (Å²) in [5, 5.41) is 28.6. The molecule has 0 aliphatic carbocycles. The maximum absolute atomic E-state index is 10.6. The molecule has 0 saturated carbocycles. The molecule has 3 N–H and O–H groups in total. The Morgan fingerprint density at radius 3 is 1.52 bits per heavy atom. The second-order valence-electron chi connectivity index (χ2n) is 7.11. The van der Waals surface area contributed by atoms with Crippen molar-refractivity contribution in [3.05, 3.63) is 95.1 Å². The van der Waals surface area contributed by atoms with Crippen molar-refractivity contribution in [2.45, 2.75) is 19.8 Å². The molecular weight excluding hydrogens is 459 g/mol. The first-order chi connectivity index (χ1) is 15.5. The van der Waals surface area contributed by atoms with E-state index in [1.165, 1.54) is 0 Å². The number of aromatic hydroxyl groups is 2. The zero-order valence-corrected chi connectivity index (χ0v) is 19.2. The summed E-state index contributed by atoms with van der Waals surface area (Å²) in [4.78, 5) is 18.1. The van der Waals surface area contributed by atoms with Gasteiger partial charge in [0.2, 0.25) is 0 Å². The van der Waals surface area contributed by atoms with Crippen molar-refractivity contribution in [2.75, 3.05) is 0 Å². The van der Waals surface area contributed by atoms with Crippen molar-refractivity contribution in [1.82, 2.24) is 0 Å². The molecule has 0 aromatic heterocycles. The molecule has 1 aliphatic rings. The molecule has 0 atom stereocenters. The number of carboxylic acid groups (broad SMARTS) is 1. The Labute approximate surface area is 203 Å². The van der Waals surface area contributed by atoms with E-state index in [-0.39, 0.29) is 28.6 Å². The molecule has 33 heavy (non-hydrogen) atoms. The zero-order chi connectivity index (χ0) is 22.9. The Morgan fingerprint density at radius 1 is 0.727 bits per heavy atom. The van der Waals surface area contributed by atoms with Gasteiger partial charge in [-0.1, -0.05) is 48.6 Å². The molecule has 0 fully saturated rings. The Balaban J connectivity index is 0.000000714. The molecule has 0 saturated heterocycles. The number of allylic oxidation sites excluding steroid dienone is 2. The number of para-hydroxylation sites is 4. The van der Waals surface area contributed by atoms with Crippen LogP contribution in [0.2, 0.25) is 0 Å². The van der Waals surface area contributed by atoms with Crippen LogP contribution >= 0.6 is 0 Å². The molecule has 0 spiro atoms. The van der Waals surface area contributed by atoms with Gasteiger partial charge in [0.15, 0.2) is 0 Å². The summed E-state index contributed by atoms with van der Waals surface area (Å²) in [6, 6.07) is 18.8. The molecule has 3 aromatic carbocycles. The van der Waals surface area contributed by atoms with E-state index in [1.54, 1.807) is 12.4 Å². The van der Waals surface area contributed by atoms with Crippen LogP contribution in [0.4, 0.5) is 11.4 Å². The fraction of sp³-hybridized carbons (Fsp3) is 0.115. The average Bonchev–Trinajstić information content (AvgIpc) is 2.76. The van der Waals surface area contributed by atoms with Gasteiger partial charge in [0.05, 0.1) is 11.4 Å². The quantitative estimate of drug-likeness (QED) is 0.297. The van der Waals surface area contributed by atoms with Crippen molar-refractivity contribution in [3.63, 3.8) is 0 Å². The minimum Gasteiger partial charge on any atom is -0.507 e. The predicted octanol–water partition coefficient (Wildman–Crippen LogP) is 5.34. The van der Waals surface area contributed by atoms with Crippen LogP contribution in [0, 0.1) is 0 Å². The van der Waals surface area contributed by atoms with E-state index in [1.807, 2.05) is 72.8 Å². The van der Waals surface area contributed by atoms with Crippen LogP contribution in [0.25, 0.3) is 0 Å². The molecule has 169 valence electrons. The van der Waals surface area contributed by atoms with Crippen molar-refractivity contribution in [1.29, 1.82) is 0 Å². The minimum absolute atomic E-state index is 0. The van der Waals surface area contributed by atoms with Crippen molar-refractivity contribution in [3.8, 4) is 11.5 Å². The maximum Gasteiger partial charge on any atom is 0.300 e. The third kappa shape index (κ3) is 7.17. The summed E-state index contributed by atoms with van der Waals surface area (Å²) in [6.45, 7) is 1.08. The Morgan fingerprint density at radius 2 is 1.12 bits per heavy atom. The number of aliphatic imine (C=N–C) groups is 2. The summed E-state index contributed by atoms with van der Waals surface area (Å²) >= 11 is 0. The first kappa shape index (κ1) is 25.6. The summed E-state index contributed by atoms with van der Waals surface area (Å²) in [6.07, 6.45) is 8.51. The van der Waals surface area contributed by atoms with Crippen LogP contribution in [-0.2, 0) is 34.7 Å². The number of phenols is 2. The molecule has 3 aromatic rings. The first-order valence-electron chi connectivity index (χ1n) is 10.1. The van der Waals surface area contributed by atoms with Crippen LogP contribution in [0.3, 0.4) is 0 Å². The van der Waals surface area contributed by atoms with Crippen LogP contribution in [0.15, 0.2) is 82.8 Å². The van der Waals surface area contributed by atoms with Gasteiger partial charge in [-0.25, -0.2) is 0 Å². The number of rotatable bonds is 0. The molecule has 1 aliphatic heterocycles. The van der Waals surface area contributed by atoms with Gasteiger partial charge in [-0.05, 0) is 48.2 Å². The van der Waals surface area contributed by atoms with Crippen molar-refractivity contribution in [2.24, 2.45) is 9.98 Å². The Hall–Kier alpha value is -3.67. The van der Waals surface area contributed by atoms with E-state index in [9.17, 15) is 10.2 Å². The molecule has 0 amide bonds. The molecule has 4 rings (SSSR count). The van der Waals surface area contributed by atoms with E-state index < -0.39 is 5.97 Å². The fourth-order valence-corrected chi connectivity index (χ4v) is 3.14. The zero-order valence-electron chi connectivity index (χ0n) is 18.0. The van der Waals surface area contributed by atoms with Gasteiger partial charge in [0, 0.05) is 47.5 Å². The van der Waals surface area contributed by atoms with E-state index in [0.29, 0.717) is 35.3 Å². The molecule has 0 unspecified atom stereocenters. The predicted molar refractivity (Wildman–Crippen MR) is 127 cm³/mol. The maximum atomic E-state index is 10.6. The molecule has 6 nitrogen and oxygen atoms in total. The standard InChI is InChI=1S/C24H20N2O2.C2H4O2.Mn/c27-23-17-7-1-2-8-18-10-6-12-20(24(18)28)16-26-22-14-4-3-13-21(22)25-15-19(23)11-5-9-17;1-2(3)4;/h1-6,9-16,27-28H,7-8H2;1H3,(H,3,4);. The second kappa shape index (κ2) is 12.4. The van der Waals surface area contributed by atoms with Gasteiger partial charge < -0.3 is 15.3 Å². The summed E-state index contributed by atoms with van der Waals surface area (Å²) in [7, 11) is 0. The number of carbonyl (C=O) groups is 1. The van der Waals surface area contributed by atoms with Crippen molar-refractivity contribution < 1.29 is 37.2 Å². The molecule has 1 radical (unpaired) electrons.